The normalized spacial score (nSPS) is 20.1. The first-order chi connectivity index (χ1) is 7.33. The van der Waals surface area contributed by atoms with Gasteiger partial charge in [0.1, 0.15) is 5.60 Å². The SMILES string of the molecule is CC(C1CC1)C(CO)NC(=O)OC(C)(C)C. The van der Waals surface area contributed by atoms with E-state index < -0.39 is 11.7 Å². The molecule has 0 bridgehead atoms. The molecule has 1 aliphatic carbocycles. The highest BCUT2D eigenvalue weighted by molar-refractivity contribution is 5.68. The number of amides is 1. The van der Waals surface area contributed by atoms with Crippen LogP contribution >= 0.6 is 0 Å². The van der Waals surface area contributed by atoms with E-state index in [0.29, 0.717) is 11.8 Å². The minimum atomic E-state index is -0.493. The molecule has 2 unspecified atom stereocenters. The smallest absolute Gasteiger partial charge is 0.407 e. The van der Waals surface area contributed by atoms with Crippen molar-refractivity contribution in [1.82, 2.24) is 5.32 Å². The summed E-state index contributed by atoms with van der Waals surface area (Å²) in [5.41, 5.74) is -0.493. The van der Waals surface area contributed by atoms with Crippen molar-refractivity contribution in [3.05, 3.63) is 0 Å². The number of carbonyl (C=O) groups is 1. The highest BCUT2D eigenvalue weighted by atomic mass is 16.6. The molecular formula is C12H23NO3. The fourth-order valence-electron chi connectivity index (χ4n) is 1.75. The average Bonchev–Trinajstić information content (AvgIpc) is 2.93. The van der Waals surface area contributed by atoms with E-state index >= 15 is 0 Å². The third-order valence-electron chi connectivity index (χ3n) is 2.90. The van der Waals surface area contributed by atoms with Crippen molar-refractivity contribution >= 4 is 6.09 Å². The summed E-state index contributed by atoms with van der Waals surface area (Å²) in [5.74, 6) is 0.963. The number of nitrogens with one attached hydrogen (secondary N) is 1. The molecule has 2 atom stereocenters. The van der Waals surface area contributed by atoms with Gasteiger partial charge in [-0.1, -0.05) is 6.92 Å². The molecule has 0 spiro atoms. The van der Waals surface area contributed by atoms with Gasteiger partial charge >= 0.3 is 6.09 Å². The molecule has 1 rings (SSSR count). The summed E-state index contributed by atoms with van der Waals surface area (Å²) in [6, 6.07) is -0.192. The number of aliphatic hydroxyl groups is 1. The van der Waals surface area contributed by atoms with Crippen molar-refractivity contribution in [3.63, 3.8) is 0 Å². The first-order valence-corrected chi connectivity index (χ1v) is 5.94. The third-order valence-corrected chi connectivity index (χ3v) is 2.90. The van der Waals surface area contributed by atoms with Crippen molar-refractivity contribution in [3.8, 4) is 0 Å². The Balaban J connectivity index is 2.40. The molecule has 0 heterocycles. The van der Waals surface area contributed by atoms with Gasteiger partial charge in [0.05, 0.1) is 12.6 Å². The van der Waals surface area contributed by atoms with E-state index in [9.17, 15) is 9.90 Å². The predicted molar refractivity (Wildman–Crippen MR) is 62.1 cm³/mol. The molecule has 1 aliphatic rings. The lowest BCUT2D eigenvalue weighted by Crippen LogP contribution is -2.45. The summed E-state index contributed by atoms with van der Waals surface area (Å²) in [4.78, 5) is 11.5. The summed E-state index contributed by atoms with van der Waals surface area (Å²) >= 11 is 0. The summed E-state index contributed by atoms with van der Waals surface area (Å²) in [5, 5.41) is 12.0. The lowest BCUT2D eigenvalue weighted by atomic mass is 9.97. The topological polar surface area (TPSA) is 58.6 Å². The minimum absolute atomic E-state index is 0.0308. The second kappa shape index (κ2) is 5.04. The Kier molecular flexibility index (Phi) is 4.19. The maximum Gasteiger partial charge on any atom is 0.407 e. The van der Waals surface area contributed by atoms with E-state index in [-0.39, 0.29) is 12.6 Å². The largest absolute Gasteiger partial charge is 0.444 e. The molecule has 1 amide bonds. The molecule has 16 heavy (non-hydrogen) atoms. The zero-order valence-electron chi connectivity index (χ0n) is 10.6. The van der Waals surface area contributed by atoms with E-state index in [1.54, 1.807) is 0 Å². The number of carbonyl (C=O) groups excluding carboxylic acids is 1. The summed E-state index contributed by atoms with van der Waals surface area (Å²) in [7, 11) is 0. The van der Waals surface area contributed by atoms with Gasteiger partial charge in [-0.05, 0) is 45.4 Å². The lowest BCUT2D eigenvalue weighted by molar-refractivity contribution is 0.0452. The molecule has 0 aromatic carbocycles. The Morgan fingerprint density at radius 1 is 1.50 bits per heavy atom. The van der Waals surface area contributed by atoms with E-state index in [1.165, 1.54) is 12.8 Å². The highest BCUT2D eigenvalue weighted by Gasteiger charge is 2.34. The van der Waals surface area contributed by atoms with Crippen LogP contribution in [0.25, 0.3) is 0 Å². The Morgan fingerprint density at radius 3 is 2.44 bits per heavy atom. The van der Waals surface area contributed by atoms with Crippen molar-refractivity contribution in [2.24, 2.45) is 11.8 Å². The Hall–Kier alpha value is -0.770. The third kappa shape index (κ3) is 4.39. The zero-order valence-corrected chi connectivity index (χ0v) is 10.6. The molecule has 2 N–H and O–H groups in total. The average molecular weight is 229 g/mol. The van der Waals surface area contributed by atoms with Crippen molar-refractivity contribution in [1.29, 1.82) is 0 Å². The van der Waals surface area contributed by atoms with E-state index in [0.717, 1.165) is 0 Å². The van der Waals surface area contributed by atoms with Gasteiger partial charge in [-0.25, -0.2) is 4.79 Å². The van der Waals surface area contributed by atoms with Gasteiger partial charge in [-0.2, -0.15) is 0 Å². The lowest BCUT2D eigenvalue weighted by Gasteiger charge is -2.26. The van der Waals surface area contributed by atoms with Crippen molar-refractivity contribution in [2.45, 2.75) is 52.2 Å². The number of alkyl carbamates (subject to hydrolysis) is 1. The van der Waals surface area contributed by atoms with E-state index in [2.05, 4.69) is 12.2 Å². The number of rotatable bonds is 4. The number of ether oxygens (including phenoxy) is 1. The second-order valence-electron chi connectivity index (χ2n) is 5.63. The van der Waals surface area contributed by atoms with Crippen LogP contribution in [0.3, 0.4) is 0 Å². The van der Waals surface area contributed by atoms with E-state index in [1.807, 2.05) is 20.8 Å². The van der Waals surface area contributed by atoms with Gasteiger partial charge < -0.3 is 15.2 Å². The Labute approximate surface area is 97.4 Å². The number of hydrogen-bond acceptors (Lipinski definition) is 3. The van der Waals surface area contributed by atoms with Gasteiger partial charge in [0.25, 0.3) is 0 Å². The summed E-state index contributed by atoms with van der Waals surface area (Å²) in [6.07, 6.45) is 1.96. The fourth-order valence-corrected chi connectivity index (χ4v) is 1.75. The first-order valence-electron chi connectivity index (χ1n) is 5.94. The van der Waals surface area contributed by atoms with Crippen LogP contribution in [0.1, 0.15) is 40.5 Å². The monoisotopic (exact) mass is 229 g/mol. The van der Waals surface area contributed by atoms with Crippen LogP contribution in [0.5, 0.6) is 0 Å². The van der Waals surface area contributed by atoms with Crippen LogP contribution in [0.15, 0.2) is 0 Å². The molecule has 0 aromatic rings. The molecule has 1 fully saturated rings. The molecule has 94 valence electrons. The summed E-state index contributed by atoms with van der Waals surface area (Å²) < 4.78 is 5.16. The fraction of sp³-hybridized carbons (Fsp3) is 0.917. The molecule has 0 radical (unpaired) electrons. The predicted octanol–water partition coefficient (Wildman–Crippen LogP) is 1.92. The van der Waals surface area contributed by atoms with Crippen LogP contribution in [0.2, 0.25) is 0 Å². The van der Waals surface area contributed by atoms with Crippen LogP contribution in [-0.4, -0.2) is 29.4 Å². The van der Waals surface area contributed by atoms with Crippen molar-refractivity contribution in [2.75, 3.05) is 6.61 Å². The van der Waals surface area contributed by atoms with Gasteiger partial charge in [0.2, 0.25) is 0 Å². The van der Waals surface area contributed by atoms with Crippen LogP contribution in [0, 0.1) is 11.8 Å². The van der Waals surface area contributed by atoms with Gasteiger partial charge in [0, 0.05) is 0 Å². The van der Waals surface area contributed by atoms with Crippen LogP contribution in [0.4, 0.5) is 4.79 Å². The molecule has 0 aliphatic heterocycles. The molecule has 4 heteroatoms. The van der Waals surface area contributed by atoms with Crippen molar-refractivity contribution < 1.29 is 14.6 Å². The molecule has 4 nitrogen and oxygen atoms in total. The van der Waals surface area contributed by atoms with Crippen LogP contribution in [-0.2, 0) is 4.74 Å². The highest BCUT2D eigenvalue weighted by Crippen LogP contribution is 2.38. The molecule has 0 aromatic heterocycles. The second-order valence-corrected chi connectivity index (χ2v) is 5.63. The molecule has 0 saturated heterocycles. The number of aliphatic hydroxyl groups excluding tert-OH is 1. The molecule has 1 saturated carbocycles. The quantitative estimate of drug-likeness (QED) is 0.774. The minimum Gasteiger partial charge on any atom is -0.444 e. The summed E-state index contributed by atoms with van der Waals surface area (Å²) in [6.45, 7) is 7.51. The van der Waals surface area contributed by atoms with Crippen LogP contribution < -0.4 is 5.32 Å². The maximum absolute atomic E-state index is 11.5. The van der Waals surface area contributed by atoms with Gasteiger partial charge in [-0.15, -0.1) is 0 Å². The number of hydrogen-bond donors (Lipinski definition) is 2. The first kappa shape index (κ1) is 13.3. The maximum atomic E-state index is 11.5. The molecular weight excluding hydrogens is 206 g/mol. The van der Waals surface area contributed by atoms with Gasteiger partial charge in [-0.3, -0.25) is 0 Å². The Morgan fingerprint density at radius 2 is 2.06 bits per heavy atom. The zero-order chi connectivity index (χ0) is 12.3. The van der Waals surface area contributed by atoms with E-state index in [4.69, 9.17) is 4.74 Å². The Bertz CT molecular complexity index is 243. The van der Waals surface area contributed by atoms with Gasteiger partial charge in [0.15, 0.2) is 0 Å². The standard InChI is InChI=1S/C12H23NO3/c1-8(9-5-6-9)10(7-14)13-11(15)16-12(2,3)4/h8-10,14H,5-7H2,1-4H3,(H,13,15).